The third-order valence-electron chi connectivity index (χ3n) is 4.23. The maximum atomic E-state index is 4.95. The first-order valence-corrected chi connectivity index (χ1v) is 9.19. The van der Waals surface area contributed by atoms with Gasteiger partial charge in [-0.2, -0.15) is 0 Å². The predicted octanol–water partition coefficient (Wildman–Crippen LogP) is 2.74. The van der Waals surface area contributed by atoms with Gasteiger partial charge in [0, 0.05) is 37.1 Å². The zero-order chi connectivity index (χ0) is 15.2. The highest BCUT2D eigenvalue weighted by atomic mass is 32.1. The molecule has 1 N–H and O–H groups in total. The number of nitrogens with zero attached hydrogens (tertiary/aromatic N) is 3. The SMILES string of the molecule is CCCc1nc(N2CCN(CC)C(C)C2)sc1CNCC. The third-order valence-corrected chi connectivity index (χ3v) is 5.39. The number of aryl methyl sites for hydroxylation is 1. The molecule has 0 bridgehead atoms. The molecule has 1 unspecified atom stereocenters. The van der Waals surface area contributed by atoms with Crippen LogP contribution in [0.1, 0.15) is 44.7 Å². The normalized spacial score (nSPS) is 20.2. The number of nitrogens with one attached hydrogen (secondary N) is 1. The first-order chi connectivity index (χ1) is 10.2. The molecule has 1 aliphatic heterocycles. The Hall–Kier alpha value is -0.650. The summed E-state index contributed by atoms with van der Waals surface area (Å²) >= 11 is 1.89. The van der Waals surface area contributed by atoms with Crippen molar-refractivity contribution in [2.24, 2.45) is 0 Å². The molecule has 0 saturated carbocycles. The van der Waals surface area contributed by atoms with E-state index in [1.165, 1.54) is 22.1 Å². The van der Waals surface area contributed by atoms with E-state index >= 15 is 0 Å². The van der Waals surface area contributed by atoms with Gasteiger partial charge in [-0.3, -0.25) is 4.90 Å². The van der Waals surface area contributed by atoms with Gasteiger partial charge in [0.1, 0.15) is 0 Å². The highest BCUT2D eigenvalue weighted by molar-refractivity contribution is 7.15. The van der Waals surface area contributed by atoms with Gasteiger partial charge in [-0.15, -0.1) is 11.3 Å². The summed E-state index contributed by atoms with van der Waals surface area (Å²) in [6, 6.07) is 0.625. The Morgan fingerprint density at radius 3 is 2.71 bits per heavy atom. The zero-order valence-electron chi connectivity index (χ0n) is 14.0. The smallest absolute Gasteiger partial charge is 0.185 e. The Kier molecular flexibility index (Phi) is 6.45. The minimum atomic E-state index is 0.625. The van der Waals surface area contributed by atoms with Crippen LogP contribution >= 0.6 is 11.3 Å². The standard InChI is InChI=1S/C16H30N4S/c1-5-8-14-15(11-17-6-2)21-16(18-14)20-10-9-19(7-3)13(4)12-20/h13,17H,5-12H2,1-4H3. The van der Waals surface area contributed by atoms with Crippen LogP contribution in [0.15, 0.2) is 0 Å². The van der Waals surface area contributed by atoms with Crippen molar-refractivity contribution < 1.29 is 0 Å². The van der Waals surface area contributed by atoms with Gasteiger partial charge in [-0.1, -0.05) is 27.2 Å². The van der Waals surface area contributed by atoms with Crippen molar-refractivity contribution in [2.45, 2.75) is 53.1 Å². The molecule has 1 atom stereocenters. The van der Waals surface area contributed by atoms with E-state index < -0.39 is 0 Å². The lowest BCUT2D eigenvalue weighted by atomic mass is 10.2. The van der Waals surface area contributed by atoms with Crippen LogP contribution in [0.2, 0.25) is 0 Å². The number of anilines is 1. The summed E-state index contributed by atoms with van der Waals surface area (Å²) in [6.07, 6.45) is 2.27. The van der Waals surface area contributed by atoms with Gasteiger partial charge >= 0.3 is 0 Å². The molecule has 0 spiro atoms. The summed E-state index contributed by atoms with van der Waals surface area (Å²) in [7, 11) is 0. The van der Waals surface area contributed by atoms with Crippen molar-refractivity contribution in [1.29, 1.82) is 0 Å². The second-order valence-corrected chi connectivity index (χ2v) is 6.88. The van der Waals surface area contributed by atoms with Crippen LogP contribution < -0.4 is 10.2 Å². The quantitative estimate of drug-likeness (QED) is 0.839. The molecule has 1 aromatic heterocycles. The first kappa shape index (κ1) is 16.7. The molecule has 5 heteroatoms. The lowest BCUT2D eigenvalue weighted by molar-refractivity contribution is 0.199. The van der Waals surface area contributed by atoms with Crippen molar-refractivity contribution in [2.75, 3.05) is 37.6 Å². The van der Waals surface area contributed by atoms with Crippen LogP contribution in [-0.2, 0) is 13.0 Å². The van der Waals surface area contributed by atoms with Gasteiger partial charge in [0.2, 0.25) is 0 Å². The Morgan fingerprint density at radius 2 is 2.10 bits per heavy atom. The highest BCUT2D eigenvalue weighted by Gasteiger charge is 2.25. The number of likely N-dealkylation sites (N-methyl/N-ethyl adjacent to an activating group) is 1. The lowest BCUT2D eigenvalue weighted by Crippen LogP contribution is -2.51. The third kappa shape index (κ3) is 4.18. The van der Waals surface area contributed by atoms with Gasteiger partial charge in [0.05, 0.1) is 5.69 Å². The van der Waals surface area contributed by atoms with Gasteiger partial charge in [-0.05, 0) is 26.4 Å². The second kappa shape index (κ2) is 8.11. The summed E-state index contributed by atoms with van der Waals surface area (Å²) < 4.78 is 0. The van der Waals surface area contributed by atoms with E-state index in [9.17, 15) is 0 Å². The molecule has 0 amide bonds. The molecule has 0 aromatic carbocycles. The summed E-state index contributed by atoms with van der Waals surface area (Å²) in [6.45, 7) is 15.5. The molecule has 120 valence electrons. The molecule has 0 aliphatic carbocycles. The van der Waals surface area contributed by atoms with E-state index in [0.29, 0.717) is 6.04 Å². The Morgan fingerprint density at radius 1 is 1.29 bits per heavy atom. The largest absolute Gasteiger partial charge is 0.345 e. The molecule has 1 fully saturated rings. The number of hydrogen-bond acceptors (Lipinski definition) is 5. The van der Waals surface area contributed by atoms with E-state index in [1.54, 1.807) is 0 Å². The Bertz CT molecular complexity index is 432. The number of piperazine rings is 1. The van der Waals surface area contributed by atoms with Crippen LogP contribution in [-0.4, -0.2) is 48.6 Å². The minimum absolute atomic E-state index is 0.625. The fourth-order valence-corrected chi connectivity index (χ4v) is 4.06. The van der Waals surface area contributed by atoms with E-state index in [0.717, 1.165) is 45.7 Å². The summed E-state index contributed by atoms with van der Waals surface area (Å²) in [5.74, 6) is 0. The fourth-order valence-electron chi connectivity index (χ4n) is 2.95. The molecule has 2 rings (SSSR count). The fraction of sp³-hybridized carbons (Fsp3) is 0.812. The van der Waals surface area contributed by atoms with Gasteiger partial charge < -0.3 is 10.2 Å². The van der Waals surface area contributed by atoms with E-state index in [4.69, 9.17) is 4.98 Å². The van der Waals surface area contributed by atoms with E-state index in [2.05, 4.69) is 42.8 Å². The van der Waals surface area contributed by atoms with Crippen LogP contribution in [0.25, 0.3) is 0 Å². The monoisotopic (exact) mass is 310 g/mol. The van der Waals surface area contributed by atoms with E-state index in [-0.39, 0.29) is 0 Å². The molecule has 1 saturated heterocycles. The summed E-state index contributed by atoms with van der Waals surface area (Å²) in [5, 5.41) is 4.68. The number of rotatable bonds is 7. The van der Waals surface area contributed by atoms with Crippen LogP contribution in [0.4, 0.5) is 5.13 Å². The Balaban J connectivity index is 2.08. The Labute approximate surface area is 133 Å². The van der Waals surface area contributed by atoms with E-state index in [1.807, 2.05) is 11.3 Å². The van der Waals surface area contributed by atoms with Gasteiger partial charge in [0.15, 0.2) is 5.13 Å². The minimum Gasteiger partial charge on any atom is -0.345 e. The summed E-state index contributed by atoms with van der Waals surface area (Å²) in [5.41, 5.74) is 1.31. The maximum Gasteiger partial charge on any atom is 0.185 e. The average molecular weight is 311 g/mol. The molecule has 0 radical (unpaired) electrons. The molecule has 1 aliphatic rings. The number of aromatic nitrogens is 1. The molecule has 1 aromatic rings. The molecular weight excluding hydrogens is 280 g/mol. The van der Waals surface area contributed by atoms with Crippen molar-refractivity contribution in [1.82, 2.24) is 15.2 Å². The molecule has 4 nitrogen and oxygen atoms in total. The second-order valence-electron chi connectivity index (χ2n) is 5.82. The molecule has 2 heterocycles. The lowest BCUT2D eigenvalue weighted by Gasteiger charge is -2.39. The number of thiazole rings is 1. The van der Waals surface area contributed by atoms with Crippen LogP contribution in [0.5, 0.6) is 0 Å². The van der Waals surface area contributed by atoms with Crippen molar-refractivity contribution in [3.05, 3.63) is 10.6 Å². The zero-order valence-corrected chi connectivity index (χ0v) is 14.8. The van der Waals surface area contributed by atoms with Crippen molar-refractivity contribution in [3.63, 3.8) is 0 Å². The predicted molar refractivity (Wildman–Crippen MR) is 92.4 cm³/mol. The van der Waals surface area contributed by atoms with Crippen LogP contribution in [0.3, 0.4) is 0 Å². The van der Waals surface area contributed by atoms with Gasteiger partial charge in [-0.25, -0.2) is 4.98 Å². The molecule has 21 heavy (non-hydrogen) atoms. The maximum absolute atomic E-state index is 4.95. The summed E-state index contributed by atoms with van der Waals surface area (Å²) in [4.78, 5) is 11.4. The number of hydrogen-bond donors (Lipinski definition) is 1. The topological polar surface area (TPSA) is 31.4 Å². The molecular formula is C16H30N4S. The van der Waals surface area contributed by atoms with Gasteiger partial charge in [0.25, 0.3) is 0 Å². The van der Waals surface area contributed by atoms with Crippen molar-refractivity contribution in [3.8, 4) is 0 Å². The van der Waals surface area contributed by atoms with Crippen molar-refractivity contribution >= 4 is 16.5 Å². The average Bonchev–Trinajstić information content (AvgIpc) is 2.88. The first-order valence-electron chi connectivity index (χ1n) is 8.37. The van der Waals surface area contributed by atoms with Crippen LogP contribution in [0, 0.1) is 0 Å². The highest BCUT2D eigenvalue weighted by Crippen LogP contribution is 2.29.